The summed E-state index contributed by atoms with van der Waals surface area (Å²) in [4.78, 5) is 0. The van der Waals surface area contributed by atoms with E-state index in [0.717, 1.165) is 30.4 Å². The lowest BCUT2D eigenvalue weighted by Crippen LogP contribution is -2.43. The highest BCUT2D eigenvalue weighted by Gasteiger charge is 2.55. The van der Waals surface area contributed by atoms with E-state index in [4.69, 9.17) is 10.5 Å². The molecule has 2 N–H and O–H groups in total. The monoisotopic (exact) mass is 386 g/mol. The number of ether oxygens (including phenoxy) is 1. The smallest absolute Gasteiger partial charge is 0.191 e. The van der Waals surface area contributed by atoms with Crippen LogP contribution in [0.25, 0.3) is 0 Å². The van der Waals surface area contributed by atoms with Crippen LogP contribution in [0.5, 0.6) is 5.75 Å². The topological polar surface area (TPSA) is 107 Å². The Kier molecular flexibility index (Phi) is 5.67. The molecule has 5 heteroatoms. The van der Waals surface area contributed by atoms with Crippen LogP contribution in [0.2, 0.25) is 0 Å². The fraction of sp³-hybridized carbons (Fsp3) is 0.458. The zero-order valence-corrected chi connectivity index (χ0v) is 17.1. The van der Waals surface area contributed by atoms with Gasteiger partial charge in [0.05, 0.1) is 29.5 Å². The predicted molar refractivity (Wildman–Crippen MR) is 110 cm³/mol. The summed E-state index contributed by atoms with van der Waals surface area (Å²) in [6.45, 7) is 6.04. The van der Waals surface area contributed by atoms with Crippen LogP contribution in [0.3, 0.4) is 0 Å². The second-order valence-corrected chi connectivity index (χ2v) is 8.13. The van der Waals surface area contributed by atoms with E-state index < -0.39 is 11.3 Å². The maximum atomic E-state index is 10.2. The molecule has 2 aliphatic rings. The lowest BCUT2D eigenvalue weighted by molar-refractivity contribution is 0.225. The first-order valence-corrected chi connectivity index (χ1v) is 10.1. The largest absolute Gasteiger partial charge is 0.491 e. The van der Waals surface area contributed by atoms with Crippen molar-refractivity contribution in [2.45, 2.75) is 52.1 Å². The molecule has 0 aliphatic heterocycles. The van der Waals surface area contributed by atoms with Gasteiger partial charge in [0, 0.05) is 11.5 Å². The molecule has 3 rings (SSSR count). The van der Waals surface area contributed by atoms with Gasteiger partial charge < -0.3 is 10.5 Å². The number of fused-ring (bicyclic) bond motifs is 1. The molecule has 1 unspecified atom stereocenters. The van der Waals surface area contributed by atoms with E-state index in [1.807, 2.05) is 38.1 Å². The summed E-state index contributed by atoms with van der Waals surface area (Å²) in [5, 5.41) is 30.2. The van der Waals surface area contributed by atoms with Crippen molar-refractivity contribution in [2.75, 3.05) is 0 Å². The molecule has 0 amide bonds. The summed E-state index contributed by atoms with van der Waals surface area (Å²) in [6.07, 6.45) is 4.73. The number of benzene rings is 1. The van der Waals surface area contributed by atoms with Gasteiger partial charge in [-0.05, 0) is 50.2 Å². The number of nitrogens with zero attached hydrogens (tertiary/aromatic N) is 3. The van der Waals surface area contributed by atoms with Gasteiger partial charge in [0.15, 0.2) is 5.41 Å². The number of nitrogens with two attached hydrogens (primary N) is 1. The van der Waals surface area contributed by atoms with Gasteiger partial charge in [0.25, 0.3) is 0 Å². The third-order valence-electron chi connectivity index (χ3n) is 6.17. The molecule has 0 spiro atoms. The summed E-state index contributed by atoms with van der Waals surface area (Å²) in [5.74, 6) is 0.476. The van der Waals surface area contributed by atoms with Gasteiger partial charge >= 0.3 is 0 Å². The van der Waals surface area contributed by atoms with Crippen LogP contribution in [0.1, 0.15) is 51.5 Å². The van der Waals surface area contributed by atoms with Gasteiger partial charge in [-0.2, -0.15) is 15.8 Å². The van der Waals surface area contributed by atoms with Crippen molar-refractivity contribution in [3.63, 3.8) is 0 Å². The summed E-state index contributed by atoms with van der Waals surface area (Å²) < 4.78 is 6.04. The Balaban J connectivity index is 2.32. The molecule has 2 aliphatic carbocycles. The molecular weight excluding hydrogens is 360 g/mol. The first-order valence-electron chi connectivity index (χ1n) is 10.1. The van der Waals surface area contributed by atoms with Crippen molar-refractivity contribution in [1.29, 1.82) is 15.8 Å². The number of hydrogen-bond acceptors (Lipinski definition) is 5. The Labute approximate surface area is 172 Å². The maximum absolute atomic E-state index is 10.2. The summed E-state index contributed by atoms with van der Waals surface area (Å²) in [6, 6.07) is 14.2. The zero-order valence-electron chi connectivity index (χ0n) is 17.1. The van der Waals surface area contributed by atoms with Crippen molar-refractivity contribution in [1.82, 2.24) is 0 Å². The third kappa shape index (κ3) is 3.26. The molecule has 1 aromatic rings. The average Bonchev–Trinajstić information content (AvgIpc) is 2.73. The minimum Gasteiger partial charge on any atom is -0.491 e. The minimum atomic E-state index is -1.61. The lowest BCUT2D eigenvalue weighted by atomic mass is 9.55. The SMILES string of the molecule is CCC1CC=C2C(C#N)=C(N)C(C#N)(C#N)[C@H](c3ccccc3OC(C)C)[C@H]2C1. The summed E-state index contributed by atoms with van der Waals surface area (Å²) >= 11 is 0. The van der Waals surface area contributed by atoms with Crippen LogP contribution in [0.4, 0.5) is 0 Å². The number of allylic oxidation sites excluding steroid dienone is 4. The molecule has 148 valence electrons. The van der Waals surface area contributed by atoms with Gasteiger partial charge in [-0.15, -0.1) is 0 Å². The van der Waals surface area contributed by atoms with E-state index in [9.17, 15) is 15.8 Å². The average molecular weight is 386 g/mol. The number of rotatable bonds is 4. The van der Waals surface area contributed by atoms with Crippen LogP contribution in [-0.2, 0) is 0 Å². The van der Waals surface area contributed by atoms with Gasteiger partial charge in [-0.3, -0.25) is 0 Å². The molecule has 5 nitrogen and oxygen atoms in total. The van der Waals surface area contributed by atoms with Gasteiger partial charge in [-0.25, -0.2) is 0 Å². The van der Waals surface area contributed by atoms with Gasteiger partial charge in [0.2, 0.25) is 0 Å². The Morgan fingerprint density at radius 2 is 1.90 bits per heavy atom. The Morgan fingerprint density at radius 1 is 1.21 bits per heavy atom. The first-order chi connectivity index (χ1) is 13.9. The standard InChI is InChI=1S/C24H26N4O/c1-4-16-9-10-17-19(11-16)22(18-7-5-6-8-21(18)29-15(2)3)24(13-26,14-27)23(28)20(17)12-25/h5-8,10,15-16,19,22H,4,9,11,28H2,1-3H3/t16?,19-,22+/m0/s1. The fourth-order valence-corrected chi connectivity index (χ4v) is 4.74. The Bertz CT molecular complexity index is 969. The summed E-state index contributed by atoms with van der Waals surface area (Å²) in [7, 11) is 0. The molecule has 0 bridgehead atoms. The minimum absolute atomic E-state index is 0.0503. The molecule has 0 fully saturated rings. The van der Waals surface area contributed by atoms with Crippen molar-refractivity contribution in [2.24, 2.45) is 23.0 Å². The second kappa shape index (κ2) is 8.02. The van der Waals surface area contributed by atoms with Gasteiger partial charge in [-0.1, -0.05) is 37.6 Å². The van der Waals surface area contributed by atoms with E-state index in [0.29, 0.717) is 17.2 Å². The van der Waals surface area contributed by atoms with Gasteiger partial charge in [0.1, 0.15) is 11.8 Å². The van der Waals surface area contributed by atoms with Crippen molar-refractivity contribution in [3.05, 3.63) is 52.7 Å². The molecule has 0 heterocycles. The lowest BCUT2D eigenvalue weighted by Gasteiger charge is -2.45. The molecule has 1 aromatic carbocycles. The van der Waals surface area contributed by atoms with Crippen molar-refractivity contribution >= 4 is 0 Å². The first kappa shape index (κ1) is 20.5. The maximum Gasteiger partial charge on any atom is 0.191 e. The van der Waals surface area contributed by atoms with E-state index in [-0.39, 0.29) is 17.7 Å². The number of hydrogen-bond donors (Lipinski definition) is 1. The highest BCUT2D eigenvalue weighted by molar-refractivity contribution is 5.60. The highest BCUT2D eigenvalue weighted by atomic mass is 16.5. The van der Waals surface area contributed by atoms with E-state index in [1.165, 1.54) is 0 Å². The van der Waals surface area contributed by atoms with Crippen LogP contribution >= 0.6 is 0 Å². The molecule has 0 radical (unpaired) electrons. The van der Waals surface area contributed by atoms with Crippen LogP contribution in [-0.4, -0.2) is 6.10 Å². The molecule has 0 aromatic heterocycles. The van der Waals surface area contributed by atoms with Crippen molar-refractivity contribution in [3.8, 4) is 24.0 Å². The number of nitriles is 3. The van der Waals surface area contributed by atoms with Crippen LogP contribution in [0, 0.1) is 51.2 Å². The quantitative estimate of drug-likeness (QED) is 0.807. The van der Waals surface area contributed by atoms with E-state index in [1.54, 1.807) is 0 Å². The predicted octanol–water partition coefficient (Wildman–Crippen LogP) is 4.70. The molecular formula is C24H26N4O. The Hall–Kier alpha value is -3.23. The third-order valence-corrected chi connectivity index (χ3v) is 6.17. The van der Waals surface area contributed by atoms with E-state index in [2.05, 4.69) is 31.2 Å². The van der Waals surface area contributed by atoms with Crippen molar-refractivity contribution < 1.29 is 4.74 Å². The molecule has 0 saturated carbocycles. The van der Waals surface area contributed by atoms with Crippen LogP contribution < -0.4 is 10.5 Å². The highest BCUT2D eigenvalue weighted by Crippen LogP contribution is 2.58. The number of para-hydroxylation sites is 1. The molecule has 29 heavy (non-hydrogen) atoms. The van der Waals surface area contributed by atoms with Crippen LogP contribution in [0.15, 0.2) is 47.2 Å². The molecule has 0 saturated heterocycles. The van der Waals surface area contributed by atoms with E-state index >= 15 is 0 Å². The summed E-state index contributed by atoms with van der Waals surface area (Å²) in [5.41, 5.74) is 6.80. The zero-order chi connectivity index (χ0) is 21.2. The second-order valence-electron chi connectivity index (χ2n) is 8.13. The normalized spacial score (nSPS) is 25.3. The molecule has 3 atom stereocenters. The Morgan fingerprint density at radius 3 is 2.48 bits per heavy atom. The fourth-order valence-electron chi connectivity index (χ4n) is 4.74.